The minimum absolute atomic E-state index is 0.0664. The molecule has 7 heteroatoms. The molecule has 1 rings (SSSR count). The Hall–Kier alpha value is -0.340. The number of aliphatic carboxylic acids is 1. The summed E-state index contributed by atoms with van der Waals surface area (Å²) in [7, 11) is 0. The largest absolute Gasteiger partial charge is 0.548 e. The molecule has 0 bridgehead atoms. The van der Waals surface area contributed by atoms with Crippen molar-refractivity contribution in [3.05, 3.63) is 0 Å². The van der Waals surface area contributed by atoms with Crippen LogP contribution in [0.15, 0.2) is 0 Å². The van der Waals surface area contributed by atoms with Gasteiger partial charge in [0.25, 0.3) is 0 Å². The van der Waals surface area contributed by atoms with Crippen molar-refractivity contribution in [3.8, 4) is 0 Å². The minimum Gasteiger partial charge on any atom is -0.548 e. The van der Waals surface area contributed by atoms with E-state index in [1.54, 1.807) is 25.6 Å². The molecule has 1 saturated heterocycles. The molecule has 0 spiro atoms. The van der Waals surface area contributed by atoms with Crippen LogP contribution in [0.5, 0.6) is 0 Å². The summed E-state index contributed by atoms with van der Waals surface area (Å²) in [6, 6.07) is -0.565. The van der Waals surface area contributed by atoms with E-state index in [1.807, 2.05) is 11.3 Å². The van der Waals surface area contributed by atoms with E-state index in [0.29, 0.717) is 6.42 Å². The second-order valence-corrected chi connectivity index (χ2v) is 9.92. The molecule has 1 aliphatic heterocycles. The first-order valence-electron chi connectivity index (χ1n) is 8.90. The summed E-state index contributed by atoms with van der Waals surface area (Å²) in [5, 5.41) is 26.6. The Labute approximate surface area is 156 Å². The molecule has 0 aromatic heterocycles. The van der Waals surface area contributed by atoms with Gasteiger partial charge in [-0.2, -0.15) is 16.8 Å². The number of hydroxylamine groups is 2. The molecule has 0 aliphatic carbocycles. The molecule has 1 heterocycles. The second-order valence-electron chi connectivity index (χ2n) is 8.93. The van der Waals surface area contributed by atoms with E-state index in [0.717, 1.165) is 18.6 Å². The zero-order valence-corrected chi connectivity index (χ0v) is 17.5. The summed E-state index contributed by atoms with van der Waals surface area (Å²) in [6.45, 7) is 12.0. The van der Waals surface area contributed by atoms with Crippen LogP contribution < -0.4 is 10.4 Å². The van der Waals surface area contributed by atoms with Gasteiger partial charge in [-0.15, -0.1) is 0 Å². The second kappa shape index (κ2) is 8.57. The van der Waals surface area contributed by atoms with E-state index in [-0.39, 0.29) is 23.7 Å². The molecule has 0 saturated carbocycles. The molecule has 1 unspecified atom stereocenters. The Morgan fingerprint density at radius 3 is 2.28 bits per heavy atom. The van der Waals surface area contributed by atoms with Crippen LogP contribution in [0.2, 0.25) is 0 Å². The number of carbonyl (C=O) groups excluding carboxylic acids is 1. The number of carboxylic acids is 1. The van der Waals surface area contributed by atoms with Crippen molar-refractivity contribution in [2.45, 2.75) is 89.6 Å². The fourth-order valence-corrected chi connectivity index (χ4v) is 4.21. The fourth-order valence-electron chi connectivity index (χ4n) is 3.74. The number of thioether (sulfide) groups is 1. The lowest BCUT2D eigenvalue weighted by molar-refractivity contribution is -0.311. The molecule has 148 valence electrons. The maximum Gasteiger partial charge on any atom is 0.0967 e. The van der Waals surface area contributed by atoms with Crippen LogP contribution in [0.25, 0.3) is 0 Å². The first kappa shape index (κ1) is 22.7. The summed E-state index contributed by atoms with van der Waals surface area (Å²) < 4.78 is 0. The van der Waals surface area contributed by atoms with Gasteiger partial charge in [-0.3, -0.25) is 4.84 Å². The SMILES string of the molecule is CSCCC(NC1CC(C)(C)N(OCC(C)(C)O)C(C)(C)C1)C(=O)[O-]. The Balaban J connectivity index is 2.82. The highest BCUT2D eigenvalue weighted by atomic mass is 32.2. The zero-order chi connectivity index (χ0) is 19.5. The van der Waals surface area contributed by atoms with Crippen molar-refractivity contribution in [1.82, 2.24) is 10.4 Å². The van der Waals surface area contributed by atoms with Crippen molar-refractivity contribution in [1.29, 1.82) is 0 Å². The Morgan fingerprint density at radius 1 is 1.36 bits per heavy atom. The van der Waals surface area contributed by atoms with Gasteiger partial charge < -0.3 is 20.3 Å². The summed E-state index contributed by atoms with van der Waals surface area (Å²) >= 11 is 1.64. The molecule has 1 fully saturated rings. The predicted molar refractivity (Wildman–Crippen MR) is 100 cm³/mol. The lowest BCUT2D eigenvalue weighted by Gasteiger charge is -2.54. The number of piperidine rings is 1. The third-order valence-corrected chi connectivity index (χ3v) is 5.11. The van der Waals surface area contributed by atoms with Gasteiger partial charge in [0.05, 0.1) is 18.2 Å². The van der Waals surface area contributed by atoms with Crippen molar-refractivity contribution in [2.24, 2.45) is 0 Å². The molecule has 25 heavy (non-hydrogen) atoms. The van der Waals surface area contributed by atoms with Crippen molar-refractivity contribution >= 4 is 17.7 Å². The van der Waals surface area contributed by atoms with Gasteiger partial charge in [0.2, 0.25) is 0 Å². The van der Waals surface area contributed by atoms with Crippen LogP contribution in [0, 0.1) is 0 Å². The molecule has 0 aromatic carbocycles. The highest BCUT2D eigenvalue weighted by Crippen LogP contribution is 2.39. The predicted octanol–water partition coefficient (Wildman–Crippen LogP) is 1.17. The van der Waals surface area contributed by atoms with Gasteiger partial charge >= 0.3 is 0 Å². The lowest BCUT2D eigenvalue weighted by Crippen LogP contribution is -2.65. The molecule has 0 radical (unpaired) electrons. The van der Waals surface area contributed by atoms with Gasteiger partial charge in [0, 0.05) is 23.2 Å². The number of hydrogen-bond donors (Lipinski definition) is 2. The van der Waals surface area contributed by atoms with Crippen LogP contribution >= 0.6 is 11.8 Å². The Kier molecular flexibility index (Phi) is 7.78. The van der Waals surface area contributed by atoms with Crippen molar-refractivity contribution in [3.63, 3.8) is 0 Å². The van der Waals surface area contributed by atoms with E-state index < -0.39 is 17.6 Å². The Morgan fingerprint density at radius 2 is 1.88 bits per heavy atom. The maximum atomic E-state index is 11.4. The van der Waals surface area contributed by atoms with Crippen molar-refractivity contribution in [2.75, 3.05) is 18.6 Å². The standard InChI is InChI=1S/C18H36N2O4S/c1-16(2)10-13(19-14(15(21)22)8-9-25-7)11-17(3,4)20(16)24-12-18(5,6)23/h13-14,19,23H,8-12H2,1-7H3,(H,21,22)/p-1. The highest BCUT2D eigenvalue weighted by molar-refractivity contribution is 7.98. The van der Waals surface area contributed by atoms with Crippen LogP contribution in [0.1, 0.15) is 60.8 Å². The average molecular weight is 376 g/mol. The zero-order valence-electron chi connectivity index (χ0n) is 16.7. The molecular formula is C18H35N2O4S-. The maximum absolute atomic E-state index is 11.4. The van der Waals surface area contributed by atoms with E-state index in [9.17, 15) is 15.0 Å². The third-order valence-electron chi connectivity index (χ3n) is 4.47. The number of nitrogens with zero attached hydrogens (tertiary/aromatic N) is 1. The molecule has 0 amide bonds. The van der Waals surface area contributed by atoms with E-state index >= 15 is 0 Å². The number of nitrogens with one attached hydrogen (secondary N) is 1. The summed E-state index contributed by atoms with van der Waals surface area (Å²) in [5.74, 6) is -0.253. The first-order chi connectivity index (χ1) is 11.3. The number of hydrogen-bond acceptors (Lipinski definition) is 7. The van der Waals surface area contributed by atoms with Gasteiger partial charge in [-0.1, -0.05) is 0 Å². The van der Waals surface area contributed by atoms with Crippen molar-refractivity contribution < 1.29 is 19.8 Å². The van der Waals surface area contributed by atoms with Gasteiger partial charge in [0.15, 0.2) is 0 Å². The summed E-state index contributed by atoms with van der Waals surface area (Å²) in [6.07, 6.45) is 4.04. The average Bonchev–Trinajstić information content (AvgIpc) is 2.39. The normalized spacial score (nSPS) is 22.7. The van der Waals surface area contributed by atoms with Gasteiger partial charge in [-0.25, -0.2) is 0 Å². The van der Waals surface area contributed by atoms with Crippen LogP contribution in [0.4, 0.5) is 0 Å². The first-order valence-corrected chi connectivity index (χ1v) is 10.3. The molecule has 1 atom stereocenters. The molecule has 2 N–H and O–H groups in total. The number of carboxylic acid groups (broad SMARTS) is 1. The van der Waals surface area contributed by atoms with E-state index in [4.69, 9.17) is 4.84 Å². The van der Waals surface area contributed by atoms with Crippen LogP contribution in [0.3, 0.4) is 0 Å². The number of rotatable bonds is 9. The molecule has 6 nitrogen and oxygen atoms in total. The van der Waals surface area contributed by atoms with Gasteiger partial charge in [0.1, 0.15) is 0 Å². The smallest absolute Gasteiger partial charge is 0.0967 e. The summed E-state index contributed by atoms with van der Waals surface area (Å²) in [5.41, 5.74) is -1.49. The number of aliphatic hydroxyl groups is 1. The topological polar surface area (TPSA) is 84.9 Å². The molecule has 0 aromatic rings. The van der Waals surface area contributed by atoms with Crippen LogP contribution in [-0.4, -0.2) is 63.5 Å². The number of carbonyl (C=O) groups is 1. The highest BCUT2D eigenvalue weighted by Gasteiger charge is 2.47. The Bertz CT molecular complexity index is 431. The quantitative estimate of drug-likeness (QED) is 0.626. The fraction of sp³-hybridized carbons (Fsp3) is 0.944. The molecular weight excluding hydrogens is 340 g/mol. The third kappa shape index (κ3) is 7.06. The van der Waals surface area contributed by atoms with Crippen LogP contribution in [-0.2, 0) is 9.63 Å². The lowest BCUT2D eigenvalue weighted by atomic mass is 9.78. The monoisotopic (exact) mass is 375 g/mol. The van der Waals surface area contributed by atoms with Gasteiger partial charge in [-0.05, 0) is 72.8 Å². The van der Waals surface area contributed by atoms with E-state index in [1.165, 1.54) is 0 Å². The van der Waals surface area contributed by atoms with E-state index in [2.05, 4.69) is 33.0 Å². The summed E-state index contributed by atoms with van der Waals surface area (Å²) in [4.78, 5) is 17.4. The minimum atomic E-state index is -1.04. The molecule has 1 aliphatic rings.